The highest BCUT2D eigenvalue weighted by molar-refractivity contribution is 5.92. The molecule has 0 bridgehead atoms. The van der Waals surface area contributed by atoms with Gasteiger partial charge in [0.15, 0.2) is 5.96 Å². The van der Waals surface area contributed by atoms with Crippen molar-refractivity contribution >= 4 is 42.4 Å². The molecule has 0 atom stereocenters. The van der Waals surface area contributed by atoms with Crippen molar-refractivity contribution in [3.05, 3.63) is 29.8 Å². The van der Waals surface area contributed by atoms with Gasteiger partial charge in [0, 0.05) is 25.3 Å². The molecule has 0 spiro atoms. The molecule has 1 heterocycles. The van der Waals surface area contributed by atoms with E-state index >= 15 is 0 Å². The zero-order chi connectivity index (χ0) is 15.8. The van der Waals surface area contributed by atoms with Gasteiger partial charge in [-0.2, -0.15) is 0 Å². The Morgan fingerprint density at radius 2 is 1.83 bits per heavy atom. The molecule has 9 heteroatoms. The fraction of sp³-hybridized carbons (Fsp3) is 0.467. The normalized spacial score (nSPS) is 14.0. The second-order valence-electron chi connectivity index (χ2n) is 5.12. The van der Waals surface area contributed by atoms with Gasteiger partial charge in [-0.25, -0.2) is 4.79 Å². The van der Waals surface area contributed by atoms with Crippen molar-refractivity contribution < 1.29 is 14.6 Å². The lowest BCUT2D eigenvalue weighted by molar-refractivity contribution is 0.0376. The van der Waals surface area contributed by atoms with E-state index < -0.39 is 5.97 Å². The predicted molar refractivity (Wildman–Crippen MR) is 99.1 cm³/mol. The van der Waals surface area contributed by atoms with Gasteiger partial charge in [-0.05, 0) is 37.2 Å². The van der Waals surface area contributed by atoms with Crippen LogP contribution in [0.5, 0.6) is 0 Å². The average Bonchev–Trinajstić information content (AvgIpc) is 2.53. The second kappa shape index (κ2) is 11.9. The molecule has 1 aliphatic rings. The lowest BCUT2D eigenvalue weighted by Gasteiger charge is -2.26. The largest absolute Gasteiger partial charge is 0.478 e. The number of morpholine rings is 1. The van der Waals surface area contributed by atoms with Gasteiger partial charge < -0.3 is 20.5 Å². The number of aromatic carboxylic acids is 1. The zero-order valence-corrected chi connectivity index (χ0v) is 14.9. The number of carboxylic acid groups (broad SMARTS) is 1. The molecular formula is C15H24Cl2N4O3. The highest BCUT2D eigenvalue weighted by atomic mass is 35.5. The Morgan fingerprint density at radius 1 is 1.21 bits per heavy atom. The number of guanidine groups is 1. The number of ether oxygens (including phenoxy) is 1. The number of nitrogens with one attached hydrogen (secondary N) is 3. The van der Waals surface area contributed by atoms with E-state index in [1.54, 1.807) is 12.1 Å². The quantitative estimate of drug-likeness (QED) is 0.342. The van der Waals surface area contributed by atoms with E-state index in [4.69, 9.17) is 15.3 Å². The van der Waals surface area contributed by atoms with Gasteiger partial charge in [0.05, 0.1) is 18.8 Å². The molecule has 0 aliphatic carbocycles. The molecule has 4 N–H and O–H groups in total. The Kier molecular flexibility index (Phi) is 11.1. The summed E-state index contributed by atoms with van der Waals surface area (Å²) < 4.78 is 5.30. The fourth-order valence-electron chi connectivity index (χ4n) is 2.23. The lowest BCUT2D eigenvalue weighted by atomic mass is 10.2. The molecule has 0 saturated carbocycles. The van der Waals surface area contributed by atoms with Gasteiger partial charge in [-0.3, -0.25) is 10.3 Å². The first kappa shape index (κ1) is 22.5. The van der Waals surface area contributed by atoms with Crippen LogP contribution in [0.15, 0.2) is 24.3 Å². The third kappa shape index (κ3) is 7.83. The zero-order valence-electron chi connectivity index (χ0n) is 13.3. The van der Waals surface area contributed by atoms with E-state index in [0.717, 1.165) is 45.8 Å². The third-order valence-electron chi connectivity index (χ3n) is 3.46. The molecule has 0 amide bonds. The van der Waals surface area contributed by atoms with E-state index in [9.17, 15) is 4.79 Å². The van der Waals surface area contributed by atoms with Gasteiger partial charge in [0.25, 0.3) is 0 Å². The molecule has 2 rings (SSSR count). The van der Waals surface area contributed by atoms with Crippen LogP contribution in [0.25, 0.3) is 0 Å². The summed E-state index contributed by atoms with van der Waals surface area (Å²) >= 11 is 0. The van der Waals surface area contributed by atoms with Crippen LogP contribution in [0.4, 0.5) is 5.69 Å². The Labute approximate surface area is 154 Å². The van der Waals surface area contributed by atoms with Crippen LogP contribution < -0.4 is 10.6 Å². The predicted octanol–water partition coefficient (Wildman–Crippen LogP) is 1.89. The maximum absolute atomic E-state index is 10.8. The molecule has 1 aliphatic heterocycles. The lowest BCUT2D eigenvalue weighted by Crippen LogP contribution is -2.38. The number of carbonyl (C=O) groups is 1. The molecule has 0 aromatic heterocycles. The molecule has 1 aromatic carbocycles. The minimum absolute atomic E-state index is 0. The SMILES string of the molecule is Cl.Cl.N=C(NCCCN1CCOCC1)Nc1ccc(C(=O)O)cc1. The topological polar surface area (TPSA) is 97.7 Å². The summed E-state index contributed by atoms with van der Waals surface area (Å²) in [5.41, 5.74) is 0.922. The summed E-state index contributed by atoms with van der Waals surface area (Å²) in [4.78, 5) is 13.1. The minimum Gasteiger partial charge on any atom is -0.478 e. The molecule has 1 fully saturated rings. The number of carboxylic acids is 1. The van der Waals surface area contributed by atoms with Gasteiger partial charge in [0.2, 0.25) is 0 Å². The van der Waals surface area contributed by atoms with Gasteiger partial charge in [-0.1, -0.05) is 0 Å². The molecule has 0 radical (unpaired) electrons. The minimum atomic E-state index is -0.956. The number of halogens is 2. The summed E-state index contributed by atoms with van der Waals surface area (Å²) in [6, 6.07) is 6.31. The molecular weight excluding hydrogens is 355 g/mol. The molecule has 1 saturated heterocycles. The van der Waals surface area contributed by atoms with Crippen molar-refractivity contribution in [3.8, 4) is 0 Å². The molecule has 0 unspecified atom stereocenters. The first-order valence-electron chi connectivity index (χ1n) is 7.38. The van der Waals surface area contributed by atoms with E-state index in [-0.39, 0.29) is 36.3 Å². The van der Waals surface area contributed by atoms with Crippen molar-refractivity contribution in [1.82, 2.24) is 10.2 Å². The fourth-order valence-corrected chi connectivity index (χ4v) is 2.23. The number of rotatable bonds is 6. The van der Waals surface area contributed by atoms with Crippen LogP contribution >= 0.6 is 24.8 Å². The molecule has 24 heavy (non-hydrogen) atoms. The first-order chi connectivity index (χ1) is 10.6. The average molecular weight is 379 g/mol. The second-order valence-corrected chi connectivity index (χ2v) is 5.12. The van der Waals surface area contributed by atoms with Crippen molar-refractivity contribution in [2.24, 2.45) is 0 Å². The van der Waals surface area contributed by atoms with Crippen LogP contribution in [0.1, 0.15) is 16.8 Å². The van der Waals surface area contributed by atoms with Crippen LogP contribution in [-0.4, -0.2) is 61.3 Å². The van der Waals surface area contributed by atoms with E-state index in [0.29, 0.717) is 5.69 Å². The summed E-state index contributed by atoms with van der Waals surface area (Å²) in [6.07, 6.45) is 0.960. The van der Waals surface area contributed by atoms with Crippen LogP contribution in [-0.2, 0) is 4.74 Å². The Morgan fingerprint density at radius 3 is 2.42 bits per heavy atom. The maximum atomic E-state index is 10.8. The van der Waals surface area contributed by atoms with E-state index in [1.165, 1.54) is 12.1 Å². The number of benzene rings is 1. The monoisotopic (exact) mass is 378 g/mol. The van der Waals surface area contributed by atoms with Crippen molar-refractivity contribution in [2.45, 2.75) is 6.42 Å². The highest BCUT2D eigenvalue weighted by Gasteiger charge is 2.09. The number of nitrogens with zero attached hydrogens (tertiary/aromatic N) is 1. The summed E-state index contributed by atoms with van der Waals surface area (Å²) in [5.74, 6) is -0.743. The van der Waals surface area contributed by atoms with Gasteiger partial charge >= 0.3 is 5.97 Å². The number of anilines is 1. The van der Waals surface area contributed by atoms with Crippen LogP contribution in [0.3, 0.4) is 0 Å². The molecule has 1 aromatic rings. The van der Waals surface area contributed by atoms with Crippen LogP contribution in [0, 0.1) is 5.41 Å². The summed E-state index contributed by atoms with van der Waals surface area (Å²) in [5, 5.41) is 22.5. The highest BCUT2D eigenvalue weighted by Crippen LogP contribution is 2.09. The van der Waals surface area contributed by atoms with Crippen molar-refractivity contribution in [1.29, 1.82) is 5.41 Å². The maximum Gasteiger partial charge on any atom is 0.335 e. The molecule has 136 valence electrons. The molecule has 7 nitrogen and oxygen atoms in total. The Hall–Kier alpha value is -1.54. The first-order valence-corrected chi connectivity index (χ1v) is 7.38. The van der Waals surface area contributed by atoms with Crippen molar-refractivity contribution in [2.75, 3.05) is 44.7 Å². The van der Waals surface area contributed by atoms with Gasteiger partial charge in [-0.15, -0.1) is 24.8 Å². The number of hydrogen-bond donors (Lipinski definition) is 4. The standard InChI is InChI=1S/C15H22N4O3.2ClH/c16-15(17-6-1-7-19-8-10-22-11-9-19)18-13-4-2-12(3-5-13)14(20)21;;/h2-5H,1,6-11H2,(H,20,21)(H3,16,17,18);2*1H. The summed E-state index contributed by atoms with van der Waals surface area (Å²) in [6.45, 7) is 5.28. The smallest absolute Gasteiger partial charge is 0.335 e. The van der Waals surface area contributed by atoms with Gasteiger partial charge in [0.1, 0.15) is 0 Å². The third-order valence-corrected chi connectivity index (χ3v) is 3.46. The number of hydrogen-bond acceptors (Lipinski definition) is 4. The van der Waals surface area contributed by atoms with Crippen molar-refractivity contribution in [3.63, 3.8) is 0 Å². The van der Waals surface area contributed by atoms with Crippen LogP contribution in [0.2, 0.25) is 0 Å². The Bertz CT molecular complexity index is 508. The van der Waals surface area contributed by atoms with E-state index in [1.807, 2.05) is 0 Å². The Balaban J connectivity index is 0.00000264. The summed E-state index contributed by atoms with van der Waals surface area (Å²) in [7, 11) is 0. The van der Waals surface area contributed by atoms with E-state index in [2.05, 4.69) is 15.5 Å².